The molecule has 0 spiro atoms. The fourth-order valence-electron chi connectivity index (χ4n) is 4.59. The largest absolute Gasteiger partial charge is 0.326 e. The molecule has 1 fully saturated rings. The molecule has 164 valence electrons. The maximum atomic E-state index is 13.8. The van der Waals surface area contributed by atoms with Gasteiger partial charge in [0.25, 0.3) is 5.56 Å². The highest BCUT2D eigenvalue weighted by Crippen LogP contribution is 2.53. The van der Waals surface area contributed by atoms with Gasteiger partial charge in [0.05, 0.1) is 11.6 Å². The number of pyridine rings is 1. The zero-order valence-corrected chi connectivity index (χ0v) is 19.7. The average molecular weight is 419 g/mol. The van der Waals surface area contributed by atoms with E-state index < -0.39 is 0 Å². The smallest absolute Gasteiger partial charge is 0.252 e. The summed E-state index contributed by atoms with van der Waals surface area (Å²) in [5, 5.41) is 9.37. The summed E-state index contributed by atoms with van der Waals surface area (Å²) >= 11 is 0. The van der Waals surface area contributed by atoms with Gasteiger partial charge in [-0.3, -0.25) is 9.59 Å². The van der Waals surface area contributed by atoms with E-state index in [0.717, 1.165) is 29.7 Å². The molecule has 0 aliphatic heterocycles. The number of hydrogen-bond donors (Lipinski definition) is 1. The Balaban J connectivity index is 2.16. The van der Waals surface area contributed by atoms with Crippen LogP contribution in [0.1, 0.15) is 103 Å². The molecule has 4 heteroatoms. The van der Waals surface area contributed by atoms with Gasteiger partial charge in [-0.2, -0.15) is 5.26 Å². The first kappa shape index (κ1) is 23.0. The number of rotatable bonds is 8. The minimum absolute atomic E-state index is 0.0758. The molecule has 0 radical (unpaired) electrons. The van der Waals surface area contributed by atoms with Crippen LogP contribution in [0.25, 0.3) is 0 Å². The van der Waals surface area contributed by atoms with E-state index in [1.54, 1.807) is 12.1 Å². The number of nitriles is 1. The van der Waals surface area contributed by atoms with E-state index in [2.05, 4.69) is 24.9 Å². The van der Waals surface area contributed by atoms with Gasteiger partial charge in [-0.15, -0.1) is 0 Å². The van der Waals surface area contributed by atoms with Crippen LogP contribution in [-0.4, -0.2) is 10.8 Å². The summed E-state index contributed by atoms with van der Waals surface area (Å²) in [7, 11) is 0. The van der Waals surface area contributed by atoms with E-state index in [1.165, 1.54) is 19.3 Å². The molecule has 1 saturated carbocycles. The zero-order valence-electron chi connectivity index (χ0n) is 19.7. The molecule has 3 rings (SSSR count). The van der Waals surface area contributed by atoms with Gasteiger partial charge in [-0.05, 0) is 86.1 Å². The standard InChI is InChI=1S/C27H34N2O2/c1-16(2)7-8-27(9-10-27)14-22-19(6)29-26(31)23(17(3)4)24(22)25(30)21-12-18(5)11-20(13-21)15-28/h11-13,16-17H,7-10,14H2,1-6H3,(H,29,31). The predicted molar refractivity (Wildman–Crippen MR) is 125 cm³/mol. The zero-order chi connectivity index (χ0) is 22.9. The molecule has 1 N–H and O–H groups in total. The van der Waals surface area contributed by atoms with Crippen molar-refractivity contribution >= 4 is 5.78 Å². The van der Waals surface area contributed by atoms with Crippen molar-refractivity contribution < 1.29 is 4.79 Å². The van der Waals surface area contributed by atoms with E-state index in [4.69, 9.17) is 0 Å². The summed E-state index contributed by atoms with van der Waals surface area (Å²) in [6.45, 7) is 12.2. The lowest BCUT2D eigenvalue weighted by Crippen LogP contribution is -2.25. The van der Waals surface area contributed by atoms with Crippen LogP contribution in [0.15, 0.2) is 23.0 Å². The monoisotopic (exact) mass is 418 g/mol. The minimum atomic E-state index is -0.181. The molecular weight excluding hydrogens is 384 g/mol. The number of nitrogens with zero attached hydrogens (tertiary/aromatic N) is 1. The van der Waals surface area contributed by atoms with E-state index >= 15 is 0 Å². The number of aromatic amines is 1. The summed E-state index contributed by atoms with van der Waals surface area (Å²) in [5.74, 6) is 0.430. The Labute approximate surface area is 185 Å². The molecule has 1 aromatic heterocycles. The molecule has 0 saturated heterocycles. The Kier molecular flexibility index (Phi) is 6.55. The van der Waals surface area contributed by atoms with Gasteiger partial charge < -0.3 is 4.98 Å². The van der Waals surface area contributed by atoms with Crippen molar-refractivity contribution in [2.75, 3.05) is 0 Å². The predicted octanol–water partition coefficient (Wildman–Crippen LogP) is 5.98. The Bertz CT molecular complexity index is 1100. The molecule has 1 heterocycles. The van der Waals surface area contributed by atoms with Gasteiger partial charge in [0, 0.05) is 22.4 Å². The van der Waals surface area contributed by atoms with E-state index in [1.807, 2.05) is 33.8 Å². The number of nitrogens with one attached hydrogen (secondary N) is 1. The van der Waals surface area contributed by atoms with Gasteiger partial charge in [-0.1, -0.05) is 34.1 Å². The van der Waals surface area contributed by atoms with Crippen LogP contribution in [0.4, 0.5) is 0 Å². The number of carbonyl (C=O) groups is 1. The molecule has 1 aromatic carbocycles. The molecule has 4 nitrogen and oxygen atoms in total. The van der Waals surface area contributed by atoms with Gasteiger partial charge in [0.2, 0.25) is 0 Å². The molecule has 31 heavy (non-hydrogen) atoms. The fourth-order valence-corrected chi connectivity index (χ4v) is 4.59. The molecule has 2 aromatic rings. The maximum Gasteiger partial charge on any atom is 0.252 e. The molecule has 0 atom stereocenters. The lowest BCUT2D eigenvalue weighted by Gasteiger charge is -2.23. The van der Waals surface area contributed by atoms with Crippen molar-refractivity contribution in [3.63, 3.8) is 0 Å². The second-order valence-electron chi connectivity index (χ2n) is 10.1. The quantitative estimate of drug-likeness (QED) is 0.536. The normalized spacial score (nSPS) is 14.7. The lowest BCUT2D eigenvalue weighted by molar-refractivity contribution is 0.103. The molecule has 1 aliphatic rings. The SMILES string of the molecule is Cc1cc(C#N)cc(C(=O)c2c(CC3(CCC(C)C)CC3)c(C)[nH]c(=O)c2C(C)C)c1. The Morgan fingerprint density at radius 3 is 2.39 bits per heavy atom. The topological polar surface area (TPSA) is 73.7 Å². The highest BCUT2D eigenvalue weighted by molar-refractivity contribution is 6.11. The Morgan fingerprint density at radius 2 is 1.84 bits per heavy atom. The number of H-pyrrole nitrogens is 1. The third kappa shape index (κ3) is 4.98. The lowest BCUT2D eigenvalue weighted by atomic mass is 9.82. The van der Waals surface area contributed by atoms with Crippen molar-refractivity contribution in [1.29, 1.82) is 5.26 Å². The summed E-state index contributed by atoms with van der Waals surface area (Å²) in [6, 6.07) is 7.38. The second-order valence-corrected chi connectivity index (χ2v) is 10.1. The van der Waals surface area contributed by atoms with Crippen LogP contribution in [0.2, 0.25) is 0 Å². The maximum absolute atomic E-state index is 13.8. The molecule has 1 aliphatic carbocycles. The number of aromatic nitrogens is 1. The minimum Gasteiger partial charge on any atom is -0.326 e. The first-order valence-electron chi connectivity index (χ1n) is 11.4. The molecule has 0 bridgehead atoms. The van der Waals surface area contributed by atoms with Crippen LogP contribution in [0, 0.1) is 36.5 Å². The van der Waals surface area contributed by atoms with Gasteiger partial charge in [-0.25, -0.2) is 0 Å². The third-order valence-corrected chi connectivity index (χ3v) is 6.60. The number of ketones is 1. The highest BCUT2D eigenvalue weighted by Gasteiger charge is 2.43. The van der Waals surface area contributed by atoms with Crippen molar-refractivity contribution in [3.8, 4) is 6.07 Å². The van der Waals surface area contributed by atoms with E-state index in [9.17, 15) is 14.9 Å². The Morgan fingerprint density at radius 1 is 1.16 bits per heavy atom. The number of hydrogen-bond acceptors (Lipinski definition) is 3. The van der Waals surface area contributed by atoms with Gasteiger partial charge in [0.1, 0.15) is 0 Å². The molecule has 0 amide bonds. The summed E-state index contributed by atoms with van der Waals surface area (Å²) in [4.78, 5) is 29.8. The third-order valence-electron chi connectivity index (χ3n) is 6.60. The number of aryl methyl sites for hydroxylation is 2. The van der Waals surface area contributed by atoms with E-state index in [0.29, 0.717) is 28.2 Å². The first-order valence-corrected chi connectivity index (χ1v) is 11.4. The van der Waals surface area contributed by atoms with Crippen molar-refractivity contribution in [2.45, 2.75) is 79.6 Å². The molecule has 0 unspecified atom stereocenters. The van der Waals surface area contributed by atoms with Crippen molar-refractivity contribution in [3.05, 3.63) is 67.6 Å². The highest BCUT2D eigenvalue weighted by atomic mass is 16.1. The van der Waals surface area contributed by atoms with Crippen LogP contribution < -0.4 is 5.56 Å². The van der Waals surface area contributed by atoms with Crippen LogP contribution in [0.5, 0.6) is 0 Å². The second kappa shape index (κ2) is 8.83. The van der Waals surface area contributed by atoms with Crippen LogP contribution in [-0.2, 0) is 6.42 Å². The molecular formula is C27H34N2O2. The average Bonchev–Trinajstić information content (AvgIpc) is 3.46. The number of carbonyl (C=O) groups excluding carboxylic acids is 1. The van der Waals surface area contributed by atoms with Crippen molar-refractivity contribution in [1.82, 2.24) is 4.98 Å². The number of benzene rings is 1. The van der Waals surface area contributed by atoms with Gasteiger partial charge in [0.15, 0.2) is 5.78 Å². The summed E-state index contributed by atoms with van der Waals surface area (Å²) in [6.07, 6.45) is 5.49. The van der Waals surface area contributed by atoms with Crippen LogP contribution >= 0.6 is 0 Å². The van der Waals surface area contributed by atoms with Gasteiger partial charge >= 0.3 is 0 Å². The van der Waals surface area contributed by atoms with Crippen molar-refractivity contribution in [2.24, 2.45) is 11.3 Å². The van der Waals surface area contributed by atoms with E-state index in [-0.39, 0.29) is 22.7 Å². The van der Waals surface area contributed by atoms with Crippen LogP contribution in [0.3, 0.4) is 0 Å². The summed E-state index contributed by atoms with van der Waals surface area (Å²) in [5.41, 5.74) is 4.76. The summed E-state index contributed by atoms with van der Waals surface area (Å²) < 4.78 is 0. The first-order chi connectivity index (χ1) is 14.6. The fraction of sp³-hybridized carbons (Fsp3) is 0.519. The Hall–Kier alpha value is -2.67.